The second-order valence-electron chi connectivity index (χ2n) is 7.46. The monoisotopic (exact) mass is 358 g/mol. The first-order valence-corrected chi connectivity index (χ1v) is 9.68. The Kier molecular flexibility index (Phi) is 5.15. The second-order valence-corrected chi connectivity index (χ2v) is 7.46. The third kappa shape index (κ3) is 3.58. The van der Waals surface area contributed by atoms with E-state index in [0.717, 1.165) is 57.2 Å². The Morgan fingerprint density at radius 2 is 1.96 bits per heavy atom. The van der Waals surface area contributed by atoms with Crippen LogP contribution in [0.1, 0.15) is 49.7 Å². The molecular formula is C19H27FN6. The predicted octanol–water partition coefficient (Wildman–Crippen LogP) is 2.72. The Hall–Kier alpha value is -2.02. The van der Waals surface area contributed by atoms with Crippen LogP contribution in [0.2, 0.25) is 0 Å². The molecule has 0 bridgehead atoms. The van der Waals surface area contributed by atoms with Gasteiger partial charge in [0, 0.05) is 32.3 Å². The van der Waals surface area contributed by atoms with Gasteiger partial charge in [-0.25, -0.2) is 9.37 Å². The molecule has 4 heterocycles. The maximum absolute atomic E-state index is 14.1. The third-order valence-electron chi connectivity index (χ3n) is 5.64. The van der Waals surface area contributed by atoms with Crippen molar-refractivity contribution >= 4 is 5.82 Å². The molecule has 0 spiro atoms. The lowest BCUT2D eigenvalue weighted by atomic mass is 9.97. The second kappa shape index (κ2) is 7.70. The van der Waals surface area contributed by atoms with Gasteiger partial charge in [0.25, 0.3) is 0 Å². The fourth-order valence-corrected chi connectivity index (χ4v) is 4.18. The Morgan fingerprint density at radius 3 is 2.77 bits per heavy atom. The van der Waals surface area contributed by atoms with Crippen LogP contribution >= 0.6 is 0 Å². The van der Waals surface area contributed by atoms with Gasteiger partial charge in [0.05, 0.1) is 6.54 Å². The molecule has 2 aliphatic rings. The van der Waals surface area contributed by atoms with Gasteiger partial charge in [-0.1, -0.05) is 6.42 Å². The van der Waals surface area contributed by atoms with E-state index in [0.29, 0.717) is 5.82 Å². The minimum absolute atomic E-state index is 0.253. The molecule has 6 nitrogen and oxygen atoms in total. The Morgan fingerprint density at radius 1 is 1.12 bits per heavy atom. The van der Waals surface area contributed by atoms with Crippen molar-refractivity contribution in [2.45, 2.75) is 44.6 Å². The first-order valence-electron chi connectivity index (χ1n) is 9.68. The van der Waals surface area contributed by atoms with E-state index in [9.17, 15) is 4.39 Å². The van der Waals surface area contributed by atoms with Gasteiger partial charge in [0.15, 0.2) is 11.6 Å². The van der Waals surface area contributed by atoms with Crippen molar-refractivity contribution in [2.75, 3.05) is 31.1 Å². The molecule has 2 aliphatic heterocycles. The zero-order valence-electron chi connectivity index (χ0n) is 15.4. The number of rotatable bonds is 4. The molecule has 0 unspecified atom stereocenters. The highest BCUT2D eigenvalue weighted by atomic mass is 19.1. The topological polar surface area (TPSA) is 50.1 Å². The number of hydrogen-bond acceptors (Lipinski definition) is 5. The molecule has 2 saturated heterocycles. The van der Waals surface area contributed by atoms with E-state index in [4.69, 9.17) is 0 Å². The van der Waals surface area contributed by atoms with Gasteiger partial charge in [0.1, 0.15) is 11.6 Å². The number of likely N-dealkylation sites (tertiary alicyclic amines) is 1. The summed E-state index contributed by atoms with van der Waals surface area (Å²) in [6.07, 6.45) is 7.61. The van der Waals surface area contributed by atoms with E-state index in [1.807, 2.05) is 4.90 Å². The number of anilines is 1. The fourth-order valence-electron chi connectivity index (χ4n) is 4.18. The lowest BCUT2D eigenvalue weighted by molar-refractivity contribution is 0.213. The molecule has 0 N–H and O–H groups in total. The van der Waals surface area contributed by atoms with Crippen LogP contribution < -0.4 is 4.90 Å². The van der Waals surface area contributed by atoms with Gasteiger partial charge in [-0.15, -0.1) is 10.2 Å². The van der Waals surface area contributed by atoms with E-state index < -0.39 is 0 Å². The number of hydrogen-bond donors (Lipinski definition) is 0. The molecular weight excluding hydrogens is 331 g/mol. The molecule has 0 aromatic carbocycles. The van der Waals surface area contributed by atoms with E-state index in [1.54, 1.807) is 12.3 Å². The zero-order chi connectivity index (χ0) is 17.9. The van der Waals surface area contributed by atoms with Crippen molar-refractivity contribution in [2.24, 2.45) is 7.05 Å². The van der Waals surface area contributed by atoms with Crippen LogP contribution in [0.15, 0.2) is 18.3 Å². The van der Waals surface area contributed by atoms with Gasteiger partial charge in [-0.2, -0.15) is 0 Å². The normalized spacial score (nSPS) is 21.9. The first kappa shape index (κ1) is 17.4. The molecule has 2 aromatic heterocycles. The summed E-state index contributed by atoms with van der Waals surface area (Å²) in [4.78, 5) is 8.75. The first-order chi connectivity index (χ1) is 12.7. The van der Waals surface area contributed by atoms with Crippen LogP contribution in [-0.4, -0.2) is 50.8 Å². The number of halogens is 1. The summed E-state index contributed by atoms with van der Waals surface area (Å²) in [5.74, 6) is 2.50. The van der Waals surface area contributed by atoms with E-state index in [-0.39, 0.29) is 11.7 Å². The summed E-state index contributed by atoms with van der Waals surface area (Å²) in [6.45, 7) is 4.75. The van der Waals surface area contributed by atoms with Gasteiger partial charge < -0.3 is 9.47 Å². The van der Waals surface area contributed by atoms with Crippen LogP contribution in [0.5, 0.6) is 0 Å². The molecule has 4 rings (SSSR count). The Balaban J connectivity index is 1.48. The van der Waals surface area contributed by atoms with Crippen molar-refractivity contribution in [3.63, 3.8) is 0 Å². The highest BCUT2D eigenvalue weighted by Gasteiger charge is 2.28. The SMILES string of the molecule is Cn1c(CN2CCCCC2)nnc1[C@H]1CCCN(c2ncccc2F)C1. The van der Waals surface area contributed by atoms with Crippen LogP contribution in [0.4, 0.5) is 10.2 Å². The van der Waals surface area contributed by atoms with E-state index >= 15 is 0 Å². The van der Waals surface area contributed by atoms with E-state index in [1.165, 1.54) is 25.3 Å². The summed E-state index contributed by atoms with van der Waals surface area (Å²) in [6, 6.07) is 3.11. The van der Waals surface area contributed by atoms with Crippen molar-refractivity contribution < 1.29 is 4.39 Å². The molecule has 0 radical (unpaired) electrons. The summed E-state index contributed by atoms with van der Waals surface area (Å²) in [5.41, 5.74) is 0. The van der Waals surface area contributed by atoms with Crippen molar-refractivity contribution in [3.05, 3.63) is 35.8 Å². The van der Waals surface area contributed by atoms with Gasteiger partial charge >= 0.3 is 0 Å². The minimum atomic E-state index is -0.253. The van der Waals surface area contributed by atoms with Crippen molar-refractivity contribution in [1.82, 2.24) is 24.6 Å². The summed E-state index contributed by atoms with van der Waals surface area (Å²) >= 11 is 0. The van der Waals surface area contributed by atoms with Gasteiger partial charge in [-0.05, 0) is 50.9 Å². The van der Waals surface area contributed by atoms with Crippen LogP contribution in [-0.2, 0) is 13.6 Å². The molecule has 0 amide bonds. The van der Waals surface area contributed by atoms with Crippen LogP contribution in [0.3, 0.4) is 0 Å². The standard InChI is InChI=1S/C19H27FN6/c1-24-17(14-25-10-3-2-4-11-25)22-23-18(24)15-7-6-12-26(13-15)19-16(20)8-5-9-21-19/h5,8-9,15H,2-4,6-7,10-14H2,1H3/t15-/m0/s1. The van der Waals surface area contributed by atoms with E-state index in [2.05, 4.69) is 31.7 Å². The van der Waals surface area contributed by atoms with Crippen molar-refractivity contribution in [1.29, 1.82) is 0 Å². The smallest absolute Gasteiger partial charge is 0.165 e. The fraction of sp³-hybridized carbons (Fsp3) is 0.632. The maximum Gasteiger partial charge on any atom is 0.165 e. The maximum atomic E-state index is 14.1. The molecule has 7 heteroatoms. The molecule has 140 valence electrons. The summed E-state index contributed by atoms with van der Waals surface area (Å²) in [5, 5.41) is 8.96. The van der Waals surface area contributed by atoms with Gasteiger partial charge in [0.2, 0.25) is 0 Å². The highest BCUT2D eigenvalue weighted by Crippen LogP contribution is 2.29. The van der Waals surface area contributed by atoms with Gasteiger partial charge in [-0.3, -0.25) is 4.90 Å². The summed E-state index contributed by atoms with van der Waals surface area (Å²) < 4.78 is 16.3. The zero-order valence-corrected chi connectivity index (χ0v) is 15.4. The van der Waals surface area contributed by atoms with Crippen LogP contribution in [0, 0.1) is 5.82 Å². The largest absolute Gasteiger partial charge is 0.353 e. The van der Waals surface area contributed by atoms with Crippen LogP contribution in [0.25, 0.3) is 0 Å². The minimum Gasteiger partial charge on any atom is -0.353 e. The molecule has 2 aromatic rings. The molecule has 26 heavy (non-hydrogen) atoms. The Bertz CT molecular complexity index is 739. The molecule has 0 saturated carbocycles. The number of nitrogens with zero attached hydrogens (tertiary/aromatic N) is 6. The lowest BCUT2D eigenvalue weighted by Gasteiger charge is -2.33. The number of piperidine rings is 2. The summed E-state index contributed by atoms with van der Waals surface area (Å²) in [7, 11) is 2.06. The van der Waals surface area contributed by atoms with Crippen molar-refractivity contribution in [3.8, 4) is 0 Å². The Labute approximate surface area is 154 Å². The predicted molar refractivity (Wildman–Crippen MR) is 98.5 cm³/mol. The molecule has 2 fully saturated rings. The molecule has 1 atom stereocenters. The quantitative estimate of drug-likeness (QED) is 0.841. The lowest BCUT2D eigenvalue weighted by Crippen LogP contribution is -2.36. The average molecular weight is 358 g/mol. The number of aromatic nitrogens is 4. The average Bonchev–Trinajstić information content (AvgIpc) is 3.03. The molecule has 0 aliphatic carbocycles. The number of pyridine rings is 1. The third-order valence-corrected chi connectivity index (χ3v) is 5.64. The highest BCUT2D eigenvalue weighted by molar-refractivity contribution is 5.40.